The molecule has 102 heavy (non-hydrogen) atoms. The Labute approximate surface area is 594 Å². The summed E-state index contributed by atoms with van der Waals surface area (Å²) < 4.78 is 104. The topological polar surface area (TPSA) is 600 Å². The standard InChI is InChI=1S/C56H103N19O23S4/c1-28(58-48(82)38(11)68-52(86)33(6)62-42(15)76)20-73(100(17,93)94)25-44(78)64-35(8)54(88)70-40(13)50(84)60-30(3)22-75(102(19,97)98)27-46(80)66-37(10)56(90)71-41(14)51(85)61-31(4)23-74(101(18,95)96)26-45(79)65-36(9)55(89)69-39(12)49(83)59-29(2)21-72(99(16,91)92)24-43(77)63-34(7)53(87)67-32(5)47(57)81/h28-41H,20-27H2,1-19H3,(H2,57,81)(H,58,82)(H,59,83)(H,60,84)(H,61,85)(H,62,76)(H,63,77)(H,64,78)(H,65,79)(H,66,80)(H,67,87)(H,68,86)(H,69,89)(H,70,88)(H,71,90)/t28-,29-,30-,31-,32-,33-,34-,35-,36-,37-,38-,39-,40-,41-/m0/s1. The molecule has 0 aromatic heterocycles. The number of sulfonamides is 4. The maximum atomic E-state index is 13.2. The third-order valence-corrected chi connectivity index (χ3v) is 19.2. The zero-order valence-corrected chi connectivity index (χ0v) is 63.9. The molecule has 0 unspecified atom stereocenters. The van der Waals surface area contributed by atoms with Crippen molar-refractivity contribution in [3.63, 3.8) is 0 Å². The first-order valence-electron chi connectivity index (χ1n) is 31.6. The molecule has 0 aliphatic rings. The molecule has 14 atom stereocenters. The molecule has 0 fully saturated rings. The molecule has 0 aromatic carbocycles. The fraction of sp³-hybridized carbons (Fsp3) is 0.732. The number of carbonyl (C=O) groups excluding carboxylic acids is 15. The van der Waals surface area contributed by atoms with Gasteiger partial charge < -0.3 is 80.2 Å². The first-order chi connectivity index (χ1) is 46.3. The average Bonchev–Trinajstić information content (AvgIpc) is 0.871. The van der Waals surface area contributed by atoms with Crippen LogP contribution in [0.25, 0.3) is 0 Å². The zero-order chi connectivity index (χ0) is 79.6. The molecule has 0 aliphatic heterocycles. The second-order valence-corrected chi connectivity index (χ2v) is 32.9. The van der Waals surface area contributed by atoms with Crippen LogP contribution in [0, 0.1) is 0 Å². The van der Waals surface area contributed by atoms with Gasteiger partial charge in [-0.05, 0) is 96.9 Å². The van der Waals surface area contributed by atoms with Gasteiger partial charge in [0.15, 0.2) is 0 Å². The van der Waals surface area contributed by atoms with E-state index < -0.39 is 266 Å². The Morgan fingerprint density at radius 3 is 0.559 bits per heavy atom. The van der Waals surface area contributed by atoms with Crippen LogP contribution in [0.1, 0.15) is 104 Å². The maximum absolute atomic E-state index is 13.2. The first kappa shape index (κ1) is 93.7. The molecular weight excluding hydrogens is 1430 g/mol. The van der Waals surface area contributed by atoms with Crippen LogP contribution in [0.4, 0.5) is 0 Å². The molecule has 15 amide bonds. The monoisotopic (exact) mass is 1540 g/mol. The second kappa shape index (κ2) is 41.7. The highest BCUT2D eigenvalue weighted by atomic mass is 32.2. The van der Waals surface area contributed by atoms with Gasteiger partial charge in [0, 0.05) is 57.3 Å². The van der Waals surface area contributed by atoms with E-state index in [1.807, 2.05) is 0 Å². The van der Waals surface area contributed by atoms with Crippen LogP contribution in [0.15, 0.2) is 0 Å². The van der Waals surface area contributed by atoms with Gasteiger partial charge >= 0.3 is 0 Å². The number of amides is 15. The van der Waals surface area contributed by atoms with Crippen molar-refractivity contribution in [1.82, 2.24) is 91.7 Å². The van der Waals surface area contributed by atoms with Gasteiger partial charge in [-0.15, -0.1) is 0 Å². The largest absolute Gasteiger partial charge is 0.368 e. The highest BCUT2D eigenvalue weighted by Gasteiger charge is 2.34. The molecule has 584 valence electrons. The molecular formula is C56H103N19O23S4. The number of primary amides is 1. The van der Waals surface area contributed by atoms with Crippen molar-refractivity contribution in [2.45, 2.75) is 188 Å². The summed E-state index contributed by atoms with van der Waals surface area (Å²) in [5.41, 5.74) is 5.13. The van der Waals surface area contributed by atoms with Crippen molar-refractivity contribution in [2.24, 2.45) is 5.73 Å². The van der Waals surface area contributed by atoms with E-state index in [9.17, 15) is 106 Å². The molecule has 42 nitrogen and oxygen atoms in total. The van der Waals surface area contributed by atoms with Gasteiger partial charge in [0.2, 0.25) is 129 Å². The van der Waals surface area contributed by atoms with E-state index in [1.165, 1.54) is 104 Å². The maximum Gasteiger partial charge on any atom is 0.242 e. The van der Waals surface area contributed by atoms with Crippen molar-refractivity contribution < 1.29 is 106 Å². The fourth-order valence-corrected chi connectivity index (χ4v) is 12.0. The molecule has 0 spiro atoms. The van der Waals surface area contributed by atoms with E-state index in [2.05, 4.69) is 74.4 Å². The quantitative estimate of drug-likeness (QED) is 0.0269. The number of hydrogen-bond donors (Lipinski definition) is 15. The number of nitrogens with zero attached hydrogens (tertiary/aromatic N) is 4. The van der Waals surface area contributed by atoms with Crippen LogP contribution in [-0.2, 0) is 112 Å². The number of rotatable bonds is 44. The van der Waals surface area contributed by atoms with Gasteiger partial charge in [-0.25, -0.2) is 33.7 Å². The lowest BCUT2D eigenvalue weighted by molar-refractivity contribution is -0.132. The molecule has 0 radical (unpaired) electrons. The second-order valence-electron chi connectivity index (χ2n) is 25.0. The normalized spacial score (nSPS) is 16.1. The lowest BCUT2D eigenvalue weighted by atomic mass is 10.2. The summed E-state index contributed by atoms with van der Waals surface area (Å²) in [7, 11) is -16.6. The Kier molecular flexibility index (Phi) is 38.3. The minimum Gasteiger partial charge on any atom is -0.368 e. The average molecular weight is 1540 g/mol. The highest BCUT2D eigenvalue weighted by molar-refractivity contribution is 7.89. The van der Waals surface area contributed by atoms with E-state index in [1.54, 1.807) is 0 Å². The lowest BCUT2D eigenvalue weighted by Crippen LogP contribution is -2.56. The van der Waals surface area contributed by atoms with E-state index in [-0.39, 0.29) is 0 Å². The summed E-state index contributed by atoms with van der Waals surface area (Å²) in [5.74, 6) is -12.6. The van der Waals surface area contributed by atoms with E-state index in [0.29, 0.717) is 12.9 Å². The summed E-state index contributed by atoms with van der Waals surface area (Å²) in [4.78, 5) is 191. The van der Waals surface area contributed by atoms with Gasteiger partial charge in [0.05, 0.1) is 51.2 Å². The third-order valence-electron chi connectivity index (χ3n) is 14.3. The van der Waals surface area contributed by atoms with E-state index in [4.69, 9.17) is 5.73 Å². The summed E-state index contributed by atoms with van der Waals surface area (Å²) in [5, 5.41) is 33.3. The molecule has 0 aromatic rings. The van der Waals surface area contributed by atoms with E-state index >= 15 is 0 Å². The predicted molar refractivity (Wildman–Crippen MR) is 367 cm³/mol. The van der Waals surface area contributed by atoms with Crippen LogP contribution in [0.3, 0.4) is 0 Å². The third kappa shape index (κ3) is 36.5. The minimum atomic E-state index is -4.20. The summed E-state index contributed by atoms with van der Waals surface area (Å²) in [6.07, 6.45) is 3.13. The van der Waals surface area contributed by atoms with Gasteiger partial charge in [-0.3, -0.25) is 71.9 Å². The lowest BCUT2D eigenvalue weighted by Gasteiger charge is -2.27. The van der Waals surface area contributed by atoms with Crippen LogP contribution in [-0.4, -0.2) is 301 Å². The fourth-order valence-electron chi connectivity index (χ4n) is 8.59. The van der Waals surface area contributed by atoms with Crippen molar-refractivity contribution in [3.05, 3.63) is 0 Å². The highest BCUT2D eigenvalue weighted by Crippen LogP contribution is 2.07. The summed E-state index contributed by atoms with van der Waals surface area (Å²) in [6.45, 7) is 14.3. The van der Waals surface area contributed by atoms with Crippen molar-refractivity contribution in [3.8, 4) is 0 Å². The number of hydrogen-bond acceptors (Lipinski definition) is 23. The molecule has 0 bridgehead atoms. The minimum absolute atomic E-state index is 0.420. The molecule has 0 aliphatic carbocycles. The van der Waals surface area contributed by atoms with Crippen LogP contribution < -0.4 is 80.2 Å². The Morgan fingerprint density at radius 1 is 0.255 bits per heavy atom. The van der Waals surface area contributed by atoms with Gasteiger partial charge in [-0.2, -0.15) is 17.2 Å². The smallest absolute Gasteiger partial charge is 0.242 e. The van der Waals surface area contributed by atoms with Crippen molar-refractivity contribution in [1.29, 1.82) is 0 Å². The number of carbonyl (C=O) groups is 15. The van der Waals surface area contributed by atoms with Crippen LogP contribution in [0.5, 0.6) is 0 Å². The molecule has 0 rings (SSSR count). The van der Waals surface area contributed by atoms with Crippen molar-refractivity contribution in [2.75, 3.05) is 77.4 Å². The van der Waals surface area contributed by atoms with E-state index in [0.717, 1.165) is 29.3 Å². The van der Waals surface area contributed by atoms with Crippen LogP contribution >= 0.6 is 0 Å². The first-order valence-corrected chi connectivity index (χ1v) is 39.0. The van der Waals surface area contributed by atoms with Gasteiger partial charge in [0.25, 0.3) is 0 Å². The SMILES string of the molecule is CC(=O)N[C@@H](C)C(=O)N[C@@H](C)C(=O)N[C@@H](C)CN(CC(=O)N[C@@H](C)C(=O)N[C@@H](C)C(=O)N[C@@H](C)CN(CC(=O)N[C@@H](C)C(=O)N[C@@H](C)C(=O)N[C@@H](C)CN(CC(=O)N[C@@H](C)C(=O)N[C@@H](C)C(=O)N[C@@H](C)CN(CC(=O)N[C@@H](C)C(=O)N[C@@H](C)C(N)=O)S(C)(=O)=O)S(C)(=O)=O)S(C)(=O)=O)S(C)(=O)=O. The summed E-state index contributed by atoms with van der Waals surface area (Å²) >= 11 is 0. The molecule has 0 heterocycles. The Morgan fingerprint density at radius 2 is 0.402 bits per heavy atom. The number of nitrogens with one attached hydrogen (secondary N) is 14. The molecule has 46 heteroatoms. The van der Waals surface area contributed by atoms with Gasteiger partial charge in [0.1, 0.15) is 60.4 Å². The summed E-state index contributed by atoms with van der Waals surface area (Å²) in [6, 6.07) is -16.4. The predicted octanol–water partition coefficient (Wildman–Crippen LogP) is -10.4. The molecule has 0 saturated heterocycles. The Bertz CT molecular complexity index is 3530. The Balaban J connectivity index is 5.44. The van der Waals surface area contributed by atoms with Gasteiger partial charge in [-0.1, -0.05) is 0 Å². The molecule has 16 N–H and O–H groups in total. The number of nitrogens with two attached hydrogens (primary N) is 1. The zero-order valence-electron chi connectivity index (χ0n) is 60.6. The van der Waals surface area contributed by atoms with Crippen molar-refractivity contribution >= 4 is 129 Å². The molecule has 0 saturated carbocycles. The van der Waals surface area contributed by atoms with Crippen LogP contribution in [0.2, 0.25) is 0 Å². The Hall–Kier alpha value is -8.31.